The van der Waals surface area contributed by atoms with Crippen LogP contribution in [0.5, 0.6) is 0 Å². The lowest BCUT2D eigenvalue weighted by Crippen LogP contribution is -2.38. The second-order valence-corrected chi connectivity index (χ2v) is 9.46. The summed E-state index contributed by atoms with van der Waals surface area (Å²) in [5.74, 6) is 1.11. The highest BCUT2D eigenvalue weighted by Gasteiger charge is 2.22. The van der Waals surface area contributed by atoms with Gasteiger partial charge in [0, 0.05) is 19.1 Å². The number of ether oxygens (including phenoxy) is 1. The first-order chi connectivity index (χ1) is 16.6. The number of hydrogen-bond acceptors (Lipinski definition) is 6. The number of amides is 1. The molecule has 3 aromatic rings. The average molecular weight is 480 g/mol. The molecule has 1 fully saturated rings. The SMILES string of the molecule is CCc1cccc(-n2c(SCC(=O)NC(C)CCc3ccccc3)nnc2N2CCOCC2)c1. The van der Waals surface area contributed by atoms with Crippen LogP contribution in [0.15, 0.2) is 59.8 Å². The minimum atomic E-state index is 0.00958. The summed E-state index contributed by atoms with van der Waals surface area (Å²) in [5.41, 5.74) is 3.56. The third-order valence-electron chi connectivity index (χ3n) is 5.94. The van der Waals surface area contributed by atoms with E-state index in [-0.39, 0.29) is 11.9 Å². The Balaban J connectivity index is 1.42. The molecule has 2 heterocycles. The number of carbonyl (C=O) groups excluding carboxylic acids is 1. The van der Waals surface area contributed by atoms with Crippen molar-refractivity contribution in [2.75, 3.05) is 37.0 Å². The first-order valence-electron chi connectivity index (χ1n) is 12.0. The van der Waals surface area contributed by atoms with Crippen molar-refractivity contribution < 1.29 is 9.53 Å². The average Bonchev–Trinajstić information content (AvgIpc) is 3.31. The van der Waals surface area contributed by atoms with Gasteiger partial charge in [0.15, 0.2) is 5.16 Å². The number of benzene rings is 2. The fourth-order valence-electron chi connectivity index (χ4n) is 4.01. The van der Waals surface area contributed by atoms with Gasteiger partial charge in [-0.15, -0.1) is 10.2 Å². The number of aromatic nitrogens is 3. The maximum absolute atomic E-state index is 12.7. The van der Waals surface area contributed by atoms with Gasteiger partial charge in [-0.1, -0.05) is 61.2 Å². The van der Waals surface area contributed by atoms with Crippen LogP contribution in [0.3, 0.4) is 0 Å². The second-order valence-electron chi connectivity index (χ2n) is 8.52. The van der Waals surface area contributed by atoms with E-state index in [2.05, 4.69) is 75.2 Å². The van der Waals surface area contributed by atoms with E-state index in [0.717, 1.165) is 49.1 Å². The Kier molecular flexibility index (Phi) is 8.60. The van der Waals surface area contributed by atoms with Crippen LogP contribution in [-0.2, 0) is 22.4 Å². The number of nitrogens with zero attached hydrogens (tertiary/aromatic N) is 4. The molecule has 1 N–H and O–H groups in total. The summed E-state index contributed by atoms with van der Waals surface area (Å²) < 4.78 is 7.59. The molecule has 34 heavy (non-hydrogen) atoms. The quantitative estimate of drug-likeness (QED) is 0.445. The molecule has 0 spiro atoms. The Labute approximate surface area is 205 Å². The Morgan fingerprint density at radius 1 is 1.09 bits per heavy atom. The number of aryl methyl sites for hydroxylation is 2. The number of rotatable bonds is 10. The molecule has 1 atom stereocenters. The molecule has 0 aliphatic carbocycles. The maximum Gasteiger partial charge on any atom is 0.232 e. The number of carbonyl (C=O) groups is 1. The van der Waals surface area contributed by atoms with E-state index in [1.54, 1.807) is 0 Å². The summed E-state index contributed by atoms with van der Waals surface area (Å²) in [4.78, 5) is 14.9. The first kappa shape index (κ1) is 24.3. The van der Waals surface area contributed by atoms with Crippen LogP contribution in [0.4, 0.5) is 5.95 Å². The molecular formula is C26H33N5O2S. The van der Waals surface area contributed by atoms with Crippen molar-refractivity contribution in [3.8, 4) is 5.69 Å². The summed E-state index contributed by atoms with van der Waals surface area (Å²) >= 11 is 1.42. The monoisotopic (exact) mass is 479 g/mol. The smallest absolute Gasteiger partial charge is 0.232 e. The molecule has 1 aliphatic heterocycles. The van der Waals surface area contributed by atoms with E-state index in [1.807, 2.05) is 18.2 Å². The normalized spacial score (nSPS) is 14.7. The Morgan fingerprint density at radius 2 is 1.85 bits per heavy atom. The molecule has 1 saturated heterocycles. The molecule has 1 aromatic heterocycles. The van der Waals surface area contributed by atoms with Gasteiger partial charge in [-0.05, 0) is 49.4 Å². The predicted molar refractivity (Wildman–Crippen MR) is 137 cm³/mol. The molecule has 0 radical (unpaired) electrons. The van der Waals surface area contributed by atoms with E-state index in [1.165, 1.54) is 22.9 Å². The Morgan fingerprint density at radius 3 is 2.62 bits per heavy atom. The number of hydrogen-bond donors (Lipinski definition) is 1. The zero-order chi connectivity index (χ0) is 23.8. The number of morpholine rings is 1. The van der Waals surface area contributed by atoms with Crippen LogP contribution < -0.4 is 10.2 Å². The van der Waals surface area contributed by atoms with Crippen LogP contribution in [0.2, 0.25) is 0 Å². The van der Waals surface area contributed by atoms with Crippen LogP contribution in [0, 0.1) is 0 Å². The van der Waals surface area contributed by atoms with Crippen molar-refractivity contribution in [2.45, 2.75) is 44.3 Å². The van der Waals surface area contributed by atoms with E-state index < -0.39 is 0 Å². The number of thioether (sulfide) groups is 1. The third-order valence-corrected chi connectivity index (χ3v) is 6.86. The largest absolute Gasteiger partial charge is 0.378 e. The van der Waals surface area contributed by atoms with E-state index in [0.29, 0.717) is 19.0 Å². The molecule has 1 unspecified atom stereocenters. The summed E-state index contributed by atoms with van der Waals surface area (Å²) in [6, 6.07) is 18.9. The van der Waals surface area contributed by atoms with E-state index in [4.69, 9.17) is 4.74 Å². The fraction of sp³-hybridized carbons (Fsp3) is 0.423. The van der Waals surface area contributed by atoms with Gasteiger partial charge in [0.1, 0.15) is 0 Å². The molecule has 0 bridgehead atoms. The van der Waals surface area contributed by atoms with Crippen molar-refractivity contribution in [3.05, 3.63) is 65.7 Å². The fourth-order valence-corrected chi connectivity index (χ4v) is 4.77. The van der Waals surface area contributed by atoms with Crippen molar-refractivity contribution >= 4 is 23.6 Å². The lowest BCUT2D eigenvalue weighted by Gasteiger charge is -2.28. The number of nitrogens with one attached hydrogen (secondary N) is 1. The van der Waals surface area contributed by atoms with E-state index in [9.17, 15) is 4.79 Å². The highest BCUT2D eigenvalue weighted by molar-refractivity contribution is 7.99. The van der Waals surface area contributed by atoms with Crippen LogP contribution >= 0.6 is 11.8 Å². The summed E-state index contributed by atoms with van der Waals surface area (Å²) in [5, 5.41) is 12.8. The second kappa shape index (κ2) is 12.0. The minimum Gasteiger partial charge on any atom is -0.378 e. The van der Waals surface area contributed by atoms with Gasteiger partial charge >= 0.3 is 0 Å². The zero-order valence-corrected chi connectivity index (χ0v) is 20.8. The van der Waals surface area contributed by atoms with Crippen LogP contribution in [0.1, 0.15) is 31.4 Å². The van der Waals surface area contributed by atoms with Gasteiger partial charge in [0.2, 0.25) is 11.9 Å². The topological polar surface area (TPSA) is 72.3 Å². The van der Waals surface area contributed by atoms with Crippen molar-refractivity contribution in [1.29, 1.82) is 0 Å². The predicted octanol–water partition coefficient (Wildman–Crippen LogP) is 3.90. The Hall–Kier alpha value is -2.84. The molecule has 2 aromatic carbocycles. The van der Waals surface area contributed by atoms with Crippen LogP contribution in [-0.4, -0.2) is 58.8 Å². The molecule has 7 nitrogen and oxygen atoms in total. The first-order valence-corrected chi connectivity index (χ1v) is 13.0. The van der Waals surface area contributed by atoms with Gasteiger partial charge in [-0.2, -0.15) is 0 Å². The molecule has 4 rings (SSSR count). The number of anilines is 1. The van der Waals surface area contributed by atoms with Crippen molar-refractivity contribution in [1.82, 2.24) is 20.1 Å². The maximum atomic E-state index is 12.7. The van der Waals surface area contributed by atoms with Crippen LogP contribution in [0.25, 0.3) is 5.69 Å². The summed E-state index contributed by atoms with van der Waals surface area (Å²) in [6.07, 6.45) is 2.80. The summed E-state index contributed by atoms with van der Waals surface area (Å²) in [6.45, 7) is 7.10. The summed E-state index contributed by atoms with van der Waals surface area (Å²) in [7, 11) is 0. The third kappa shape index (κ3) is 6.39. The molecule has 180 valence electrons. The highest BCUT2D eigenvalue weighted by Crippen LogP contribution is 2.27. The molecule has 1 amide bonds. The molecule has 1 aliphatic rings. The van der Waals surface area contributed by atoms with Gasteiger partial charge in [0.05, 0.1) is 24.7 Å². The zero-order valence-electron chi connectivity index (χ0n) is 19.9. The lowest BCUT2D eigenvalue weighted by atomic mass is 10.1. The van der Waals surface area contributed by atoms with Gasteiger partial charge in [-0.25, -0.2) is 0 Å². The Bertz CT molecular complexity index is 1070. The highest BCUT2D eigenvalue weighted by atomic mass is 32.2. The standard InChI is InChI=1S/C26H33N5O2S/c1-3-21-10-7-11-23(18-21)31-25(30-14-16-33-17-15-30)28-29-26(31)34-19-24(32)27-20(2)12-13-22-8-5-4-6-9-22/h4-11,18,20H,3,12-17,19H2,1-2H3,(H,27,32). The molecule has 0 saturated carbocycles. The van der Waals surface area contributed by atoms with Gasteiger partial charge in [-0.3, -0.25) is 9.36 Å². The minimum absolute atomic E-state index is 0.00958. The lowest BCUT2D eigenvalue weighted by molar-refractivity contribution is -0.119. The van der Waals surface area contributed by atoms with Crippen molar-refractivity contribution in [3.63, 3.8) is 0 Å². The van der Waals surface area contributed by atoms with E-state index >= 15 is 0 Å². The van der Waals surface area contributed by atoms with Crippen molar-refractivity contribution in [2.24, 2.45) is 0 Å². The van der Waals surface area contributed by atoms with Gasteiger partial charge < -0.3 is 15.0 Å². The van der Waals surface area contributed by atoms with Gasteiger partial charge in [0.25, 0.3) is 0 Å². The molecular weight excluding hydrogens is 446 g/mol. The molecule has 8 heteroatoms.